The van der Waals surface area contributed by atoms with E-state index in [-0.39, 0.29) is 18.0 Å². The molecule has 2 unspecified atom stereocenters. The maximum Gasteiger partial charge on any atom is 0.309 e. The maximum absolute atomic E-state index is 12.3. The smallest absolute Gasteiger partial charge is 0.309 e. The van der Waals surface area contributed by atoms with Crippen LogP contribution in [0.5, 0.6) is 0 Å². The van der Waals surface area contributed by atoms with Crippen LogP contribution in [-0.4, -0.2) is 5.97 Å². The number of ether oxygens (including phenoxy) is 1. The number of hydrogen-bond donors (Lipinski definition) is 0. The molecule has 1 aromatic rings. The molecule has 2 aliphatic rings. The van der Waals surface area contributed by atoms with Crippen LogP contribution in [0.4, 0.5) is 0 Å². The molecule has 2 atom stereocenters. The van der Waals surface area contributed by atoms with E-state index < -0.39 is 0 Å². The molecule has 1 aromatic carbocycles. The number of unbranched alkanes of at least 4 members (excludes halogenated alkanes) is 7. The number of rotatable bonds is 13. The highest BCUT2D eigenvalue weighted by molar-refractivity contribution is 5.74. The van der Waals surface area contributed by atoms with E-state index >= 15 is 0 Å². The second-order valence-corrected chi connectivity index (χ2v) is 10.3. The van der Waals surface area contributed by atoms with Gasteiger partial charge in [-0.15, -0.1) is 0 Å². The van der Waals surface area contributed by atoms with Crippen molar-refractivity contribution in [1.82, 2.24) is 0 Å². The van der Waals surface area contributed by atoms with Gasteiger partial charge in [-0.2, -0.15) is 0 Å². The second-order valence-electron chi connectivity index (χ2n) is 10.3. The molecule has 0 N–H and O–H groups in total. The summed E-state index contributed by atoms with van der Waals surface area (Å²) < 4.78 is 5.75. The maximum atomic E-state index is 12.3. The monoisotopic (exact) mass is 426 g/mol. The topological polar surface area (TPSA) is 26.3 Å². The molecule has 1 aliphatic heterocycles. The molecule has 31 heavy (non-hydrogen) atoms. The fraction of sp³-hybridized carbons (Fsp3) is 0.759. The minimum absolute atomic E-state index is 0.0268. The Bertz CT molecular complexity index is 627. The SMILES string of the molecule is CCCCCCCC1CC(c2ccc(C3CCC(CCCCCC)CC3)cc2)OC1=O. The van der Waals surface area contributed by atoms with Crippen LogP contribution in [-0.2, 0) is 9.53 Å². The third kappa shape index (κ3) is 7.65. The molecular formula is C29H46O2. The Labute approximate surface area is 191 Å². The minimum atomic E-state index is -0.0268. The lowest BCUT2D eigenvalue weighted by Gasteiger charge is -2.29. The van der Waals surface area contributed by atoms with Gasteiger partial charge in [0.15, 0.2) is 0 Å². The highest BCUT2D eigenvalue weighted by Crippen LogP contribution is 2.40. The summed E-state index contributed by atoms with van der Waals surface area (Å²) in [5.41, 5.74) is 2.68. The molecule has 174 valence electrons. The van der Waals surface area contributed by atoms with Gasteiger partial charge in [0, 0.05) is 6.42 Å². The van der Waals surface area contributed by atoms with Gasteiger partial charge in [-0.25, -0.2) is 0 Å². The third-order valence-electron chi connectivity index (χ3n) is 7.84. The van der Waals surface area contributed by atoms with Crippen molar-refractivity contribution in [3.63, 3.8) is 0 Å². The molecule has 2 heteroatoms. The molecule has 0 aromatic heterocycles. The van der Waals surface area contributed by atoms with Crippen LogP contribution in [0, 0.1) is 11.8 Å². The molecule has 0 bridgehead atoms. The highest BCUT2D eigenvalue weighted by Gasteiger charge is 2.34. The van der Waals surface area contributed by atoms with Gasteiger partial charge < -0.3 is 4.74 Å². The third-order valence-corrected chi connectivity index (χ3v) is 7.84. The molecule has 1 saturated carbocycles. The molecule has 1 saturated heterocycles. The van der Waals surface area contributed by atoms with E-state index in [0.29, 0.717) is 0 Å². The van der Waals surface area contributed by atoms with E-state index in [4.69, 9.17) is 4.74 Å². The summed E-state index contributed by atoms with van der Waals surface area (Å²) in [6, 6.07) is 9.09. The summed E-state index contributed by atoms with van der Waals surface area (Å²) in [4.78, 5) is 12.3. The van der Waals surface area contributed by atoms with Gasteiger partial charge in [0.1, 0.15) is 6.10 Å². The van der Waals surface area contributed by atoms with Gasteiger partial charge in [-0.3, -0.25) is 4.79 Å². The van der Waals surface area contributed by atoms with Gasteiger partial charge in [-0.1, -0.05) is 102 Å². The normalized spacial score (nSPS) is 26.2. The van der Waals surface area contributed by atoms with E-state index in [9.17, 15) is 4.79 Å². The van der Waals surface area contributed by atoms with E-state index in [0.717, 1.165) is 31.1 Å². The van der Waals surface area contributed by atoms with Crippen molar-refractivity contribution < 1.29 is 9.53 Å². The molecular weight excluding hydrogens is 380 g/mol. The molecule has 2 fully saturated rings. The van der Waals surface area contributed by atoms with Gasteiger partial charge in [0.05, 0.1) is 5.92 Å². The number of hydrogen-bond acceptors (Lipinski definition) is 2. The summed E-state index contributed by atoms with van der Waals surface area (Å²) in [6.07, 6.45) is 20.6. The number of esters is 1. The predicted octanol–water partition coefficient (Wildman–Crippen LogP) is 8.90. The summed E-state index contributed by atoms with van der Waals surface area (Å²) in [5, 5.41) is 0. The van der Waals surface area contributed by atoms with Gasteiger partial charge in [0.25, 0.3) is 0 Å². The Balaban J connectivity index is 1.41. The van der Waals surface area contributed by atoms with Crippen molar-refractivity contribution in [2.45, 2.75) is 129 Å². The van der Waals surface area contributed by atoms with Crippen LogP contribution < -0.4 is 0 Å². The van der Waals surface area contributed by atoms with Crippen LogP contribution in [0.15, 0.2) is 24.3 Å². The number of carbonyl (C=O) groups excluding carboxylic acids is 1. The molecule has 2 nitrogen and oxygen atoms in total. The fourth-order valence-corrected chi connectivity index (χ4v) is 5.70. The second kappa shape index (κ2) is 13.3. The van der Waals surface area contributed by atoms with E-state index in [1.165, 1.54) is 94.6 Å². The van der Waals surface area contributed by atoms with Crippen LogP contribution in [0.1, 0.15) is 140 Å². The molecule has 0 radical (unpaired) electrons. The summed E-state index contributed by atoms with van der Waals surface area (Å²) in [5.74, 6) is 1.83. The minimum Gasteiger partial charge on any atom is -0.457 e. The standard InChI is InChI=1S/C29H46O2/c1-3-5-7-9-11-13-27-22-28(31-29(27)30)26-20-18-25(19-21-26)24-16-14-23(15-17-24)12-10-8-6-4-2/h18-21,23-24,27-28H,3-17,22H2,1-2H3. The lowest BCUT2D eigenvalue weighted by Crippen LogP contribution is -2.13. The van der Waals surface area contributed by atoms with E-state index in [2.05, 4.69) is 38.1 Å². The number of carbonyl (C=O) groups is 1. The van der Waals surface area contributed by atoms with E-state index in [1.54, 1.807) is 0 Å². The number of cyclic esters (lactones) is 1. The van der Waals surface area contributed by atoms with Gasteiger partial charge in [-0.05, 0) is 55.1 Å². The first-order valence-electron chi connectivity index (χ1n) is 13.5. The molecule has 0 amide bonds. The fourth-order valence-electron chi connectivity index (χ4n) is 5.70. The zero-order chi connectivity index (χ0) is 21.9. The lowest BCUT2D eigenvalue weighted by atomic mass is 9.77. The molecule has 1 aliphatic carbocycles. The average molecular weight is 427 g/mol. The van der Waals surface area contributed by atoms with Gasteiger partial charge in [0.2, 0.25) is 0 Å². The summed E-state index contributed by atoms with van der Waals surface area (Å²) >= 11 is 0. The van der Waals surface area contributed by atoms with Crippen molar-refractivity contribution >= 4 is 5.97 Å². The Hall–Kier alpha value is -1.31. The van der Waals surface area contributed by atoms with Crippen LogP contribution in [0.3, 0.4) is 0 Å². The van der Waals surface area contributed by atoms with Crippen molar-refractivity contribution in [3.8, 4) is 0 Å². The van der Waals surface area contributed by atoms with Crippen LogP contribution in [0.2, 0.25) is 0 Å². The first-order valence-corrected chi connectivity index (χ1v) is 13.5. The first kappa shape index (κ1) is 24.3. The highest BCUT2D eigenvalue weighted by atomic mass is 16.5. The number of benzene rings is 1. The van der Waals surface area contributed by atoms with E-state index in [1.807, 2.05) is 0 Å². The van der Waals surface area contributed by atoms with Crippen molar-refractivity contribution in [1.29, 1.82) is 0 Å². The Morgan fingerprint density at radius 3 is 2.00 bits per heavy atom. The van der Waals surface area contributed by atoms with Gasteiger partial charge >= 0.3 is 5.97 Å². The average Bonchev–Trinajstić information content (AvgIpc) is 3.17. The zero-order valence-electron chi connectivity index (χ0n) is 20.2. The first-order chi connectivity index (χ1) is 15.2. The predicted molar refractivity (Wildman–Crippen MR) is 130 cm³/mol. The van der Waals surface area contributed by atoms with Crippen molar-refractivity contribution in [3.05, 3.63) is 35.4 Å². The zero-order valence-corrected chi connectivity index (χ0v) is 20.2. The Morgan fingerprint density at radius 2 is 1.32 bits per heavy atom. The Kier molecular flexibility index (Phi) is 10.4. The van der Waals surface area contributed by atoms with Crippen molar-refractivity contribution in [2.75, 3.05) is 0 Å². The summed E-state index contributed by atoms with van der Waals surface area (Å²) in [6.45, 7) is 4.53. The largest absolute Gasteiger partial charge is 0.457 e. The van der Waals surface area contributed by atoms with Crippen LogP contribution in [0.25, 0.3) is 0 Å². The van der Waals surface area contributed by atoms with Crippen molar-refractivity contribution in [2.24, 2.45) is 11.8 Å². The summed E-state index contributed by atoms with van der Waals surface area (Å²) in [7, 11) is 0. The quantitative estimate of drug-likeness (QED) is 0.232. The lowest BCUT2D eigenvalue weighted by molar-refractivity contribution is -0.144. The molecule has 1 heterocycles. The van der Waals surface area contributed by atoms with Crippen LogP contribution >= 0.6 is 0 Å². The Morgan fingerprint density at radius 1 is 0.742 bits per heavy atom. The molecule has 0 spiro atoms. The molecule has 3 rings (SSSR count).